The Hall–Kier alpha value is -2.13. The minimum Gasteiger partial charge on any atom is -0.496 e. The van der Waals surface area contributed by atoms with Crippen molar-refractivity contribution in [3.63, 3.8) is 0 Å². The number of benzene rings is 1. The molecule has 0 amide bonds. The van der Waals surface area contributed by atoms with Gasteiger partial charge in [0.1, 0.15) is 11.3 Å². The molecular weight excluding hydrogens is 316 g/mol. The van der Waals surface area contributed by atoms with E-state index in [-0.39, 0.29) is 21.3 Å². The van der Waals surface area contributed by atoms with E-state index in [1.54, 1.807) is 12.3 Å². The lowest BCUT2D eigenvalue weighted by Crippen LogP contribution is -2.14. The molecule has 0 radical (unpaired) electrons. The van der Waals surface area contributed by atoms with Gasteiger partial charge in [-0.15, -0.1) is 11.3 Å². The molecule has 0 aliphatic carbocycles. The summed E-state index contributed by atoms with van der Waals surface area (Å²) in [5.41, 5.74) is 0.467. The number of methoxy groups -OCH3 is 1. The highest BCUT2D eigenvalue weighted by molar-refractivity contribution is 7.93. The first-order valence-corrected chi connectivity index (χ1v) is 8.06. The number of aryl methyl sites for hydroxylation is 1. The smallest absolute Gasteiger partial charge is 0.339 e. The highest BCUT2D eigenvalue weighted by Crippen LogP contribution is 2.25. The predicted octanol–water partition coefficient (Wildman–Crippen LogP) is 1.96. The van der Waals surface area contributed by atoms with Crippen molar-refractivity contribution in [3.8, 4) is 5.75 Å². The van der Waals surface area contributed by atoms with Crippen LogP contribution in [0.3, 0.4) is 0 Å². The van der Waals surface area contributed by atoms with E-state index in [4.69, 9.17) is 9.84 Å². The third-order valence-electron chi connectivity index (χ3n) is 2.55. The van der Waals surface area contributed by atoms with Crippen LogP contribution in [-0.2, 0) is 10.0 Å². The summed E-state index contributed by atoms with van der Waals surface area (Å²) < 4.78 is 31.6. The normalized spacial score (nSPS) is 11.1. The van der Waals surface area contributed by atoms with Crippen molar-refractivity contribution < 1.29 is 23.1 Å². The van der Waals surface area contributed by atoms with Crippen molar-refractivity contribution in [2.24, 2.45) is 0 Å². The number of hydrogen-bond acceptors (Lipinski definition) is 6. The number of thiazole rings is 1. The lowest BCUT2D eigenvalue weighted by Gasteiger charge is -2.09. The fourth-order valence-corrected chi connectivity index (χ4v) is 3.56. The van der Waals surface area contributed by atoms with Crippen LogP contribution in [0.5, 0.6) is 5.75 Å². The molecule has 0 unspecified atom stereocenters. The number of sulfonamides is 1. The SMILES string of the molecule is COc1ccc(S(=O)(=O)Nc2nc(C)cs2)cc1C(=O)O. The Morgan fingerprint density at radius 1 is 1.43 bits per heavy atom. The largest absolute Gasteiger partial charge is 0.496 e. The van der Waals surface area contributed by atoms with Gasteiger partial charge in [-0.3, -0.25) is 4.72 Å². The van der Waals surface area contributed by atoms with Crippen molar-refractivity contribution in [2.45, 2.75) is 11.8 Å². The van der Waals surface area contributed by atoms with Crippen molar-refractivity contribution in [1.82, 2.24) is 4.98 Å². The van der Waals surface area contributed by atoms with E-state index in [0.29, 0.717) is 5.69 Å². The molecule has 2 aromatic rings. The fourth-order valence-electron chi connectivity index (χ4n) is 1.60. The van der Waals surface area contributed by atoms with Gasteiger partial charge in [-0.25, -0.2) is 18.2 Å². The Morgan fingerprint density at radius 2 is 2.14 bits per heavy atom. The average Bonchev–Trinajstić information content (AvgIpc) is 2.82. The second-order valence-corrected chi connectivity index (χ2v) is 6.61. The molecule has 0 spiro atoms. The molecule has 112 valence electrons. The van der Waals surface area contributed by atoms with E-state index in [1.165, 1.54) is 19.2 Å². The van der Waals surface area contributed by atoms with Crippen molar-refractivity contribution >= 4 is 32.5 Å². The topological polar surface area (TPSA) is 106 Å². The highest BCUT2D eigenvalue weighted by Gasteiger charge is 2.20. The van der Waals surface area contributed by atoms with Gasteiger partial charge >= 0.3 is 5.97 Å². The number of rotatable bonds is 5. The van der Waals surface area contributed by atoms with Crippen LogP contribution in [0.1, 0.15) is 16.1 Å². The summed E-state index contributed by atoms with van der Waals surface area (Å²) in [7, 11) is -2.59. The number of nitrogens with zero attached hydrogens (tertiary/aromatic N) is 1. The predicted molar refractivity (Wildman–Crippen MR) is 77.6 cm³/mol. The summed E-state index contributed by atoms with van der Waals surface area (Å²) in [6, 6.07) is 3.61. The summed E-state index contributed by atoms with van der Waals surface area (Å²) in [4.78, 5) is 14.9. The van der Waals surface area contributed by atoms with E-state index in [1.807, 2.05) is 0 Å². The summed E-state index contributed by atoms with van der Waals surface area (Å²) in [5, 5.41) is 11.0. The van der Waals surface area contributed by atoms with E-state index in [0.717, 1.165) is 17.4 Å². The van der Waals surface area contributed by atoms with Crippen molar-refractivity contribution in [2.75, 3.05) is 11.8 Å². The highest BCUT2D eigenvalue weighted by atomic mass is 32.2. The Labute approximate surface area is 125 Å². The maximum Gasteiger partial charge on any atom is 0.339 e. The quantitative estimate of drug-likeness (QED) is 0.869. The molecule has 0 aliphatic rings. The van der Waals surface area contributed by atoms with Gasteiger partial charge in [0.15, 0.2) is 5.13 Å². The van der Waals surface area contributed by atoms with Gasteiger partial charge in [0, 0.05) is 5.38 Å². The number of aromatic carboxylic acids is 1. The summed E-state index contributed by atoms with van der Waals surface area (Å²) in [6.07, 6.45) is 0. The lowest BCUT2D eigenvalue weighted by molar-refractivity contribution is 0.0693. The number of carboxylic acid groups (broad SMARTS) is 1. The van der Waals surface area contributed by atoms with E-state index < -0.39 is 16.0 Å². The molecule has 0 saturated heterocycles. The van der Waals surface area contributed by atoms with Gasteiger partial charge in [-0.1, -0.05) is 0 Å². The molecule has 0 saturated carbocycles. The number of carbonyl (C=O) groups is 1. The third kappa shape index (κ3) is 3.31. The molecule has 21 heavy (non-hydrogen) atoms. The Kier molecular flexibility index (Phi) is 4.14. The molecule has 1 heterocycles. The minimum atomic E-state index is -3.90. The van der Waals surface area contributed by atoms with Gasteiger partial charge in [-0.05, 0) is 25.1 Å². The number of carboxylic acids is 1. The zero-order chi connectivity index (χ0) is 15.6. The summed E-state index contributed by atoms with van der Waals surface area (Å²) in [6.45, 7) is 1.74. The van der Waals surface area contributed by atoms with Crippen LogP contribution in [0.15, 0.2) is 28.5 Å². The van der Waals surface area contributed by atoms with E-state index >= 15 is 0 Å². The first-order valence-electron chi connectivity index (χ1n) is 5.70. The minimum absolute atomic E-state index is 0.0894. The number of hydrogen-bond donors (Lipinski definition) is 2. The van der Waals surface area contributed by atoms with Crippen LogP contribution in [0.25, 0.3) is 0 Å². The van der Waals surface area contributed by atoms with E-state index in [9.17, 15) is 13.2 Å². The summed E-state index contributed by atoms with van der Waals surface area (Å²) >= 11 is 1.15. The maximum absolute atomic E-state index is 12.2. The van der Waals surface area contributed by atoms with Crippen LogP contribution in [0, 0.1) is 6.92 Å². The first-order chi connectivity index (χ1) is 9.83. The zero-order valence-electron chi connectivity index (χ0n) is 11.2. The summed E-state index contributed by atoms with van der Waals surface area (Å²) in [5.74, 6) is -1.18. The van der Waals surface area contributed by atoms with Gasteiger partial charge in [0.05, 0.1) is 17.7 Å². The number of aromatic nitrogens is 1. The number of anilines is 1. The number of ether oxygens (including phenoxy) is 1. The van der Waals surface area contributed by atoms with Crippen LogP contribution in [0.4, 0.5) is 5.13 Å². The van der Waals surface area contributed by atoms with Crippen LogP contribution in [0.2, 0.25) is 0 Å². The molecular formula is C12H12N2O5S2. The fraction of sp³-hybridized carbons (Fsp3) is 0.167. The molecule has 0 aliphatic heterocycles. The van der Waals surface area contributed by atoms with E-state index in [2.05, 4.69) is 9.71 Å². The number of nitrogens with one attached hydrogen (secondary N) is 1. The Bertz CT molecular complexity index is 783. The molecule has 0 atom stereocenters. The van der Waals surface area contributed by atoms with Gasteiger partial charge < -0.3 is 9.84 Å². The maximum atomic E-state index is 12.2. The average molecular weight is 328 g/mol. The molecule has 0 fully saturated rings. The lowest BCUT2D eigenvalue weighted by atomic mass is 10.2. The molecule has 0 bridgehead atoms. The molecule has 9 heteroatoms. The Morgan fingerprint density at radius 3 is 2.67 bits per heavy atom. The first kappa shape index (κ1) is 15.3. The van der Waals surface area contributed by atoms with Crippen molar-refractivity contribution in [3.05, 3.63) is 34.8 Å². The molecule has 2 rings (SSSR count). The molecule has 1 aromatic carbocycles. The second kappa shape index (κ2) is 5.70. The van der Waals surface area contributed by atoms with Gasteiger partial charge in [-0.2, -0.15) is 0 Å². The second-order valence-electron chi connectivity index (χ2n) is 4.07. The van der Waals surface area contributed by atoms with Crippen LogP contribution < -0.4 is 9.46 Å². The molecule has 1 aromatic heterocycles. The third-order valence-corrected chi connectivity index (χ3v) is 4.89. The standard InChI is InChI=1S/C12H12N2O5S2/c1-7-6-20-12(13-7)14-21(17,18)8-3-4-10(19-2)9(5-8)11(15)16/h3-6H,1-2H3,(H,13,14)(H,15,16). The van der Waals surface area contributed by atoms with Crippen molar-refractivity contribution in [1.29, 1.82) is 0 Å². The monoisotopic (exact) mass is 328 g/mol. The van der Waals surface area contributed by atoms with Crippen LogP contribution >= 0.6 is 11.3 Å². The zero-order valence-corrected chi connectivity index (χ0v) is 12.8. The van der Waals surface area contributed by atoms with Crippen LogP contribution in [-0.4, -0.2) is 31.6 Å². The molecule has 2 N–H and O–H groups in total. The van der Waals surface area contributed by atoms with Gasteiger partial charge in [0.2, 0.25) is 0 Å². The van der Waals surface area contributed by atoms with Gasteiger partial charge in [0.25, 0.3) is 10.0 Å². The molecule has 7 nitrogen and oxygen atoms in total. The Balaban J connectivity index is 2.40.